The second-order valence-corrected chi connectivity index (χ2v) is 4.73. The van der Waals surface area contributed by atoms with Gasteiger partial charge < -0.3 is 4.74 Å². The Labute approximate surface area is 109 Å². The lowest BCUT2D eigenvalue weighted by molar-refractivity contribution is -0.122. The third-order valence-electron chi connectivity index (χ3n) is 3.17. The fourth-order valence-corrected chi connectivity index (χ4v) is 2.27. The summed E-state index contributed by atoms with van der Waals surface area (Å²) in [6.07, 6.45) is 7.16. The molecule has 1 aliphatic heterocycles. The van der Waals surface area contributed by atoms with Crippen LogP contribution in [0.5, 0.6) is 0 Å². The van der Waals surface area contributed by atoms with Gasteiger partial charge in [-0.05, 0) is 18.4 Å². The monoisotopic (exact) mass is 244 g/mol. The maximum absolute atomic E-state index is 11.6. The standard InChI is InChI=1S/C16H20O2/c1-2-7-14(17)12-15-10-6-11-16(18-15)13-8-4-3-5-9-13/h3-6,8-10,15-16H,2,7,11-12H2,1H3/t15-,16+/m1/s1. The van der Waals surface area contributed by atoms with Crippen LogP contribution in [0.25, 0.3) is 0 Å². The maximum atomic E-state index is 11.6. The molecule has 0 aromatic heterocycles. The van der Waals surface area contributed by atoms with Crippen molar-refractivity contribution in [1.82, 2.24) is 0 Å². The van der Waals surface area contributed by atoms with E-state index in [2.05, 4.69) is 18.2 Å². The molecule has 2 heteroatoms. The van der Waals surface area contributed by atoms with Crippen molar-refractivity contribution in [2.75, 3.05) is 0 Å². The van der Waals surface area contributed by atoms with Crippen LogP contribution in [0.3, 0.4) is 0 Å². The SMILES string of the molecule is CCCC(=O)C[C@H]1C=CC[C@@H](c2ccccc2)O1. The van der Waals surface area contributed by atoms with Crippen molar-refractivity contribution >= 4 is 5.78 Å². The third-order valence-corrected chi connectivity index (χ3v) is 3.17. The average Bonchev–Trinajstić information content (AvgIpc) is 2.40. The lowest BCUT2D eigenvalue weighted by atomic mass is 10.0. The Balaban J connectivity index is 1.95. The second-order valence-electron chi connectivity index (χ2n) is 4.73. The van der Waals surface area contributed by atoms with Gasteiger partial charge in [0.15, 0.2) is 0 Å². The van der Waals surface area contributed by atoms with Gasteiger partial charge >= 0.3 is 0 Å². The average molecular weight is 244 g/mol. The number of Topliss-reactive ketones (excluding diaryl/α,β-unsaturated/α-hetero) is 1. The van der Waals surface area contributed by atoms with E-state index in [4.69, 9.17) is 4.74 Å². The van der Waals surface area contributed by atoms with E-state index in [0.29, 0.717) is 18.6 Å². The highest BCUT2D eigenvalue weighted by Crippen LogP contribution is 2.28. The molecule has 2 rings (SSSR count). The molecule has 18 heavy (non-hydrogen) atoms. The van der Waals surface area contributed by atoms with Gasteiger partial charge in [0.1, 0.15) is 5.78 Å². The van der Waals surface area contributed by atoms with Crippen LogP contribution in [0.15, 0.2) is 42.5 Å². The highest BCUT2D eigenvalue weighted by Gasteiger charge is 2.21. The highest BCUT2D eigenvalue weighted by molar-refractivity contribution is 5.79. The molecular weight excluding hydrogens is 224 g/mol. The molecule has 1 aromatic rings. The first-order chi connectivity index (χ1) is 8.79. The molecule has 0 radical (unpaired) electrons. The van der Waals surface area contributed by atoms with E-state index in [1.807, 2.05) is 31.2 Å². The lowest BCUT2D eigenvalue weighted by Gasteiger charge is -2.26. The molecule has 1 aliphatic rings. The van der Waals surface area contributed by atoms with Crippen LogP contribution in [0.4, 0.5) is 0 Å². The van der Waals surface area contributed by atoms with Gasteiger partial charge in [0.05, 0.1) is 12.2 Å². The van der Waals surface area contributed by atoms with Crippen LogP contribution in [-0.2, 0) is 9.53 Å². The first-order valence-electron chi connectivity index (χ1n) is 6.68. The summed E-state index contributed by atoms with van der Waals surface area (Å²) in [5.41, 5.74) is 1.19. The molecule has 1 aromatic carbocycles. The molecule has 0 saturated carbocycles. The Kier molecular flexibility index (Phi) is 4.71. The van der Waals surface area contributed by atoms with E-state index in [1.165, 1.54) is 5.56 Å². The summed E-state index contributed by atoms with van der Waals surface area (Å²) >= 11 is 0. The number of hydrogen-bond acceptors (Lipinski definition) is 2. The molecule has 0 fully saturated rings. The van der Waals surface area contributed by atoms with Crippen molar-refractivity contribution in [3.05, 3.63) is 48.0 Å². The van der Waals surface area contributed by atoms with E-state index in [0.717, 1.165) is 12.8 Å². The number of ether oxygens (including phenoxy) is 1. The fraction of sp³-hybridized carbons (Fsp3) is 0.438. The third kappa shape index (κ3) is 3.54. The zero-order valence-electron chi connectivity index (χ0n) is 10.8. The molecule has 0 amide bonds. The highest BCUT2D eigenvalue weighted by atomic mass is 16.5. The minimum atomic E-state index is -0.0528. The topological polar surface area (TPSA) is 26.3 Å². The summed E-state index contributed by atoms with van der Waals surface area (Å²) in [4.78, 5) is 11.6. The molecule has 0 aliphatic carbocycles. The van der Waals surface area contributed by atoms with Crippen molar-refractivity contribution in [2.24, 2.45) is 0 Å². The van der Waals surface area contributed by atoms with Gasteiger partial charge in [0, 0.05) is 12.8 Å². The zero-order valence-corrected chi connectivity index (χ0v) is 10.8. The molecule has 96 valence electrons. The molecule has 0 N–H and O–H groups in total. The first kappa shape index (κ1) is 13.0. The summed E-state index contributed by atoms with van der Waals surface area (Å²) < 4.78 is 5.98. The van der Waals surface area contributed by atoms with E-state index >= 15 is 0 Å². The van der Waals surface area contributed by atoms with Gasteiger partial charge in [0.2, 0.25) is 0 Å². The van der Waals surface area contributed by atoms with Crippen LogP contribution >= 0.6 is 0 Å². The molecule has 1 heterocycles. The number of carbonyl (C=O) groups is 1. The van der Waals surface area contributed by atoms with E-state index in [9.17, 15) is 4.79 Å². The Hall–Kier alpha value is -1.41. The first-order valence-corrected chi connectivity index (χ1v) is 6.68. The maximum Gasteiger partial charge on any atom is 0.135 e. The smallest absolute Gasteiger partial charge is 0.135 e. The van der Waals surface area contributed by atoms with Gasteiger partial charge in [-0.15, -0.1) is 0 Å². The molecular formula is C16H20O2. The Morgan fingerprint density at radius 3 is 2.83 bits per heavy atom. The summed E-state index contributed by atoms with van der Waals surface area (Å²) in [6, 6.07) is 10.2. The van der Waals surface area contributed by atoms with Crippen molar-refractivity contribution in [3.8, 4) is 0 Å². The summed E-state index contributed by atoms with van der Waals surface area (Å²) in [5.74, 6) is 0.292. The molecule has 0 unspecified atom stereocenters. The normalized spacial score (nSPS) is 22.9. The van der Waals surface area contributed by atoms with Crippen LogP contribution in [0.1, 0.15) is 44.3 Å². The lowest BCUT2D eigenvalue weighted by Crippen LogP contribution is -2.21. The molecule has 2 nitrogen and oxygen atoms in total. The van der Waals surface area contributed by atoms with Gasteiger partial charge in [-0.25, -0.2) is 0 Å². The number of benzene rings is 1. The Morgan fingerprint density at radius 1 is 1.33 bits per heavy atom. The number of carbonyl (C=O) groups excluding carboxylic acids is 1. The van der Waals surface area contributed by atoms with Crippen molar-refractivity contribution in [3.63, 3.8) is 0 Å². The molecule has 0 bridgehead atoms. The van der Waals surface area contributed by atoms with Gasteiger partial charge in [0.25, 0.3) is 0 Å². The van der Waals surface area contributed by atoms with Crippen LogP contribution in [0.2, 0.25) is 0 Å². The summed E-state index contributed by atoms with van der Waals surface area (Å²) in [7, 11) is 0. The Bertz CT molecular complexity index is 408. The molecule has 2 atom stereocenters. The van der Waals surface area contributed by atoms with E-state index < -0.39 is 0 Å². The quantitative estimate of drug-likeness (QED) is 0.736. The predicted octanol–water partition coefficient (Wildman–Crippen LogP) is 3.83. The van der Waals surface area contributed by atoms with Crippen molar-refractivity contribution in [2.45, 2.75) is 44.8 Å². The minimum absolute atomic E-state index is 0.0528. The fourth-order valence-electron chi connectivity index (χ4n) is 2.27. The second kappa shape index (κ2) is 6.50. The molecule has 0 spiro atoms. The van der Waals surface area contributed by atoms with Crippen LogP contribution < -0.4 is 0 Å². The Morgan fingerprint density at radius 2 is 2.11 bits per heavy atom. The number of hydrogen-bond donors (Lipinski definition) is 0. The summed E-state index contributed by atoms with van der Waals surface area (Å²) in [5, 5.41) is 0. The minimum Gasteiger partial charge on any atom is -0.365 e. The van der Waals surface area contributed by atoms with Gasteiger partial charge in [-0.3, -0.25) is 4.79 Å². The number of rotatable bonds is 5. The zero-order chi connectivity index (χ0) is 12.8. The molecule has 0 saturated heterocycles. The van der Waals surface area contributed by atoms with Crippen LogP contribution in [0, 0.1) is 0 Å². The largest absolute Gasteiger partial charge is 0.365 e. The summed E-state index contributed by atoms with van der Waals surface area (Å²) in [6.45, 7) is 2.03. The van der Waals surface area contributed by atoms with Crippen LogP contribution in [-0.4, -0.2) is 11.9 Å². The van der Waals surface area contributed by atoms with E-state index in [-0.39, 0.29) is 12.2 Å². The van der Waals surface area contributed by atoms with Crippen molar-refractivity contribution < 1.29 is 9.53 Å². The predicted molar refractivity (Wildman–Crippen MR) is 72.3 cm³/mol. The van der Waals surface area contributed by atoms with E-state index in [1.54, 1.807) is 0 Å². The van der Waals surface area contributed by atoms with Gasteiger partial charge in [-0.1, -0.05) is 49.4 Å². The van der Waals surface area contributed by atoms with Crippen molar-refractivity contribution in [1.29, 1.82) is 0 Å². The number of ketones is 1. The van der Waals surface area contributed by atoms with Gasteiger partial charge in [-0.2, -0.15) is 0 Å².